The minimum absolute atomic E-state index is 0.177. The molecule has 0 spiro atoms. The van der Waals surface area contributed by atoms with Crippen molar-refractivity contribution >= 4 is 0 Å². The van der Waals surface area contributed by atoms with E-state index in [9.17, 15) is 0 Å². The number of rotatable bonds is 1. The van der Waals surface area contributed by atoms with E-state index >= 15 is 0 Å². The minimum atomic E-state index is -0.578. The molecule has 1 saturated heterocycles. The SMILES string of the molecule is Cc1cc2c(cc1C1(C)OCCO1)C(C)(C)[C@H](C)C2(C)C. The first-order chi connectivity index (χ1) is 9.60. The van der Waals surface area contributed by atoms with Crippen LogP contribution in [0.25, 0.3) is 0 Å². The summed E-state index contributed by atoms with van der Waals surface area (Å²) in [7, 11) is 0. The molecule has 0 unspecified atom stereocenters. The fourth-order valence-electron chi connectivity index (χ4n) is 4.30. The van der Waals surface area contributed by atoms with Crippen molar-refractivity contribution in [1.82, 2.24) is 0 Å². The van der Waals surface area contributed by atoms with Gasteiger partial charge in [-0.25, -0.2) is 0 Å². The smallest absolute Gasteiger partial charge is 0.192 e. The van der Waals surface area contributed by atoms with Crippen molar-refractivity contribution < 1.29 is 9.47 Å². The van der Waals surface area contributed by atoms with Gasteiger partial charge in [0.25, 0.3) is 0 Å². The van der Waals surface area contributed by atoms with Gasteiger partial charge in [-0.05, 0) is 53.4 Å². The molecule has 1 atom stereocenters. The first-order valence-electron chi connectivity index (χ1n) is 8.04. The Hall–Kier alpha value is -0.860. The predicted octanol–water partition coefficient (Wildman–Crippen LogP) is 4.42. The van der Waals surface area contributed by atoms with E-state index in [0.717, 1.165) is 0 Å². The Bertz CT molecular complexity index is 577. The summed E-state index contributed by atoms with van der Waals surface area (Å²) in [6.45, 7) is 17.4. The topological polar surface area (TPSA) is 18.5 Å². The van der Waals surface area contributed by atoms with Crippen LogP contribution < -0.4 is 0 Å². The normalized spacial score (nSPS) is 28.6. The first kappa shape index (κ1) is 15.1. The number of aryl methyl sites for hydroxylation is 1. The lowest BCUT2D eigenvalue weighted by molar-refractivity contribution is -0.150. The molecule has 116 valence electrons. The summed E-state index contributed by atoms with van der Waals surface area (Å²) in [5.74, 6) is 0.0263. The Morgan fingerprint density at radius 3 is 1.86 bits per heavy atom. The highest BCUT2D eigenvalue weighted by Crippen LogP contribution is 2.54. The highest BCUT2D eigenvalue weighted by molar-refractivity contribution is 5.51. The predicted molar refractivity (Wildman–Crippen MR) is 85.7 cm³/mol. The van der Waals surface area contributed by atoms with Gasteiger partial charge < -0.3 is 9.47 Å². The second-order valence-corrected chi connectivity index (χ2v) is 8.02. The van der Waals surface area contributed by atoms with Gasteiger partial charge in [-0.2, -0.15) is 0 Å². The molecule has 3 rings (SSSR count). The monoisotopic (exact) mass is 288 g/mol. The number of fused-ring (bicyclic) bond motifs is 1. The third kappa shape index (κ3) is 1.92. The minimum Gasteiger partial charge on any atom is -0.344 e. The second kappa shape index (κ2) is 4.33. The molecule has 21 heavy (non-hydrogen) atoms. The van der Waals surface area contributed by atoms with E-state index in [1.165, 1.54) is 22.3 Å². The largest absolute Gasteiger partial charge is 0.344 e. The van der Waals surface area contributed by atoms with E-state index < -0.39 is 5.79 Å². The van der Waals surface area contributed by atoms with Crippen molar-refractivity contribution in [3.63, 3.8) is 0 Å². The molecule has 0 bridgehead atoms. The van der Waals surface area contributed by atoms with Crippen LogP contribution in [-0.2, 0) is 26.1 Å². The molecular formula is C19H28O2. The maximum atomic E-state index is 5.89. The van der Waals surface area contributed by atoms with Crippen LogP contribution in [0.2, 0.25) is 0 Å². The molecule has 0 N–H and O–H groups in total. The zero-order valence-electron chi connectivity index (χ0n) is 14.5. The molecule has 2 nitrogen and oxygen atoms in total. The fraction of sp³-hybridized carbons (Fsp3) is 0.684. The molecule has 0 aromatic heterocycles. The Morgan fingerprint density at radius 1 is 0.857 bits per heavy atom. The standard InChI is InChI=1S/C19H28O2/c1-12-10-15-16(18(5,6)13(2)17(15,3)4)11-14(12)19(7)20-8-9-21-19/h10-11,13H,8-9H2,1-7H3/t13-/m1/s1. The third-order valence-electron chi connectivity index (χ3n) is 6.25. The maximum absolute atomic E-state index is 5.89. The molecule has 1 aromatic rings. The van der Waals surface area contributed by atoms with Crippen LogP contribution in [0.5, 0.6) is 0 Å². The van der Waals surface area contributed by atoms with Crippen molar-refractivity contribution in [2.45, 2.75) is 65.1 Å². The quantitative estimate of drug-likeness (QED) is 0.761. The zero-order chi connectivity index (χ0) is 15.6. The molecule has 1 heterocycles. The zero-order valence-corrected chi connectivity index (χ0v) is 14.5. The summed E-state index contributed by atoms with van der Waals surface area (Å²) in [6.07, 6.45) is 0. The molecular weight excluding hydrogens is 260 g/mol. The summed E-state index contributed by atoms with van der Waals surface area (Å²) in [5.41, 5.74) is 5.80. The molecule has 1 fully saturated rings. The molecule has 2 heteroatoms. The van der Waals surface area contributed by atoms with Gasteiger partial charge in [0, 0.05) is 5.56 Å². The van der Waals surface area contributed by atoms with E-state index in [1.54, 1.807) is 0 Å². The second-order valence-electron chi connectivity index (χ2n) is 8.02. The van der Waals surface area contributed by atoms with Crippen LogP contribution in [0.1, 0.15) is 63.8 Å². The summed E-state index contributed by atoms with van der Waals surface area (Å²) >= 11 is 0. The Kier molecular flexibility index (Phi) is 3.10. The first-order valence-corrected chi connectivity index (χ1v) is 8.04. The maximum Gasteiger partial charge on any atom is 0.192 e. The van der Waals surface area contributed by atoms with Crippen molar-refractivity contribution in [3.05, 3.63) is 34.4 Å². The molecule has 0 amide bonds. The molecule has 1 aliphatic heterocycles. The molecule has 2 aliphatic rings. The lowest BCUT2D eigenvalue weighted by atomic mass is 9.71. The Labute approximate surface area is 128 Å². The van der Waals surface area contributed by atoms with Crippen molar-refractivity contribution in [3.8, 4) is 0 Å². The third-order valence-corrected chi connectivity index (χ3v) is 6.25. The highest BCUT2D eigenvalue weighted by Gasteiger charge is 2.49. The lowest BCUT2D eigenvalue weighted by Crippen LogP contribution is -2.30. The van der Waals surface area contributed by atoms with Gasteiger partial charge >= 0.3 is 0 Å². The van der Waals surface area contributed by atoms with Gasteiger partial charge in [0.15, 0.2) is 5.79 Å². The highest BCUT2D eigenvalue weighted by atomic mass is 16.7. The van der Waals surface area contributed by atoms with Gasteiger partial charge in [0.1, 0.15) is 0 Å². The number of hydrogen-bond donors (Lipinski definition) is 0. The average molecular weight is 288 g/mol. The molecule has 0 radical (unpaired) electrons. The molecule has 1 aromatic carbocycles. The number of ether oxygens (including phenoxy) is 2. The van der Waals surface area contributed by atoms with Gasteiger partial charge in [0.2, 0.25) is 0 Å². The van der Waals surface area contributed by atoms with E-state index in [0.29, 0.717) is 19.1 Å². The van der Waals surface area contributed by atoms with Crippen LogP contribution in [0, 0.1) is 12.8 Å². The average Bonchev–Trinajstić information content (AvgIpc) is 2.88. The van der Waals surface area contributed by atoms with Crippen LogP contribution in [-0.4, -0.2) is 13.2 Å². The summed E-state index contributed by atoms with van der Waals surface area (Å²) < 4.78 is 11.8. The lowest BCUT2D eigenvalue weighted by Gasteiger charge is -2.32. The van der Waals surface area contributed by atoms with Gasteiger partial charge in [-0.3, -0.25) is 0 Å². The van der Waals surface area contributed by atoms with Crippen molar-refractivity contribution in [2.75, 3.05) is 13.2 Å². The van der Waals surface area contributed by atoms with Gasteiger partial charge in [-0.15, -0.1) is 0 Å². The Morgan fingerprint density at radius 2 is 1.33 bits per heavy atom. The van der Waals surface area contributed by atoms with Crippen molar-refractivity contribution in [2.24, 2.45) is 5.92 Å². The van der Waals surface area contributed by atoms with E-state index in [1.807, 2.05) is 6.92 Å². The number of benzene rings is 1. The van der Waals surface area contributed by atoms with E-state index in [-0.39, 0.29) is 10.8 Å². The summed E-state index contributed by atoms with van der Waals surface area (Å²) in [5, 5.41) is 0. The van der Waals surface area contributed by atoms with Crippen LogP contribution in [0.15, 0.2) is 12.1 Å². The summed E-state index contributed by atoms with van der Waals surface area (Å²) in [6, 6.07) is 4.72. The summed E-state index contributed by atoms with van der Waals surface area (Å²) in [4.78, 5) is 0. The van der Waals surface area contributed by atoms with Crippen LogP contribution in [0.4, 0.5) is 0 Å². The number of hydrogen-bond acceptors (Lipinski definition) is 2. The molecule has 1 aliphatic carbocycles. The van der Waals surface area contributed by atoms with Gasteiger partial charge in [-0.1, -0.05) is 40.7 Å². The fourth-order valence-corrected chi connectivity index (χ4v) is 4.30. The van der Waals surface area contributed by atoms with Crippen molar-refractivity contribution in [1.29, 1.82) is 0 Å². The van der Waals surface area contributed by atoms with Gasteiger partial charge in [0.05, 0.1) is 13.2 Å². The van der Waals surface area contributed by atoms with Crippen LogP contribution in [0.3, 0.4) is 0 Å². The van der Waals surface area contributed by atoms with Crippen LogP contribution >= 0.6 is 0 Å². The molecule has 0 saturated carbocycles. The van der Waals surface area contributed by atoms with E-state index in [2.05, 4.69) is 53.7 Å². The Balaban J connectivity index is 2.21. The van der Waals surface area contributed by atoms with E-state index in [4.69, 9.17) is 9.47 Å².